The maximum absolute atomic E-state index is 11.5. The second-order valence-corrected chi connectivity index (χ2v) is 2.57. The molecular weight excluding hydrogens is 204 g/mol. The lowest BCUT2D eigenvalue weighted by Gasteiger charge is -2.18. The zero-order valence-corrected chi connectivity index (χ0v) is 6.59. The zero-order valence-electron chi connectivity index (χ0n) is 5.08. The van der Waals surface area contributed by atoms with Gasteiger partial charge in [-0.1, -0.05) is 0 Å². The van der Waals surface area contributed by atoms with Crippen molar-refractivity contribution in [2.45, 2.75) is 12.3 Å². The minimum atomic E-state index is -3.12. The molecule has 0 aliphatic heterocycles. The fourth-order valence-corrected chi connectivity index (χ4v) is 0.334. The van der Waals surface area contributed by atoms with Gasteiger partial charge in [-0.15, -0.1) is 0 Å². The van der Waals surface area contributed by atoms with Crippen LogP contribution < -0.4 is 0 Å². The van der Waals surface area contributed by atoms with Crippen LogP contribution in [0.4, 0.5) is 18.0 Å². The summed E-state index contributed by atoms with van der Waals surface area (Å²) in [6.45, 7) is 0. The highest BCUT2D eigenvalue weighted by Crippen LogP contribution is 2.37. The average molecular weight is 207 g/mol. The molecule has 0 spiro atoms. The lowest BCUT2D eigenvalue weighted by atomic mass is 10.1. The quantitative estimate of drug-likeness (QED) is 0.555. The van der Waals surface area contributed by atoms with Crippen LogP contribution in [0.5, 0.6) is 0 Å². The van der Waals surface area contributed by atoms with Gasteiger partial charge in [-0.2, -0.15) is 8.78 Å². The number of rotatable bonds is 0. The summed E-state index contributed by atoms with van der Waals surface area (Å²) >= 11 is 8.80. The van der Waals surface area contributed by atoms with Crippen molar-refractivity contribution in [1.29, 1.82) is 0 Å². The number of carbonyl (C=O) groups is 1. The van der Waals surface area contributed by atoms with Gasteiger partial charge >= 0.3 is 10.6 Å². The summed E-state index contributed by atoms with van der Waals surface area (Å²) < 4.78 is 33.5. The van der Waals surface area contributed by atoms with Crippen molar-refractivity contribution < 1.29 is 18.0 Å². The van der Waals surface area contributed by atoms with Gasteiger partial charge in [0.25, 0.3) is 0 Å². The second kappa shape index (κ2) is 3.97. The highest BCUT2D eigenvalue weighted by Gasteiger charge is 2.41. The van der Waals surface area contributed by atoms with Gasteiger partial charge in [-0.25, -0.2) is 4.39 Å². The number of alkyl halides is 2. The molecule has 0 N–H and O–H groups in total. The van der Waals surface area contributed by atoms with Gasteiger partial charge in [0.05, 0.1) is 0 Å². The molecule has 0 fully saturated rings. The molecule has 1 aliphatic rings. The lowest BCUT2D eigenvalue weighted by molar-refractivity contribution is -0.00191. The molecule has 0 unspecified atom stereocenters. The predicted octanol–water partition coefficient (Wildman–Crippen LogP) is 3.46. The van der Waals surface area contributed by atoms with Gasteiger partial charge in [0.1, 0.15) is 0 Å². The number of halogens is 5. The van der Waals surface area contributed by atoms with E-state index >= 15 is 0 Å². The third kappa shape index (κ3) is 4.27. The number of allylic oxidation sites excluding steroid dienone is 2. The summed E-state index contributed by atoms with van der Waals surface area (Å²) in [5.41, 5.74) is 0. The number of carbonyl (C=O) groups excluding carboxylic acids is 1. The van der Waals surface area contributed by atoms with Crippen molar-refractivity contribution in [3.8, 4) is 0 Å². The Bertz CT molecular complexity index is 186. The summed E-state index contributed by atoms with van der Waals surface area (Å²) in [6.07, 6.45) is 0.443. The van der Waals surface area contributed by atoms with Crippen LogP contribution in [0, 0.1) is 0 Å². The van der Waals surface area contributed by atoms with Gasteiger partial charge < -0.3 is 0 Å². The molecule has 6 heteroatoms. The van der Waals surface area contributed by atoms with Gasteiger partial charge in [0, 0.05) is 6.42 Å². The Balaban J connectivity index is 0.000000218. The Labute approximate surface area is 70.8 Å². The molecule has 0 aromatic heterocycles. The first kappa shape index (κ1) is 10.8. The Morgan fingerprint density at radius 1 is 1.55 bits per heavy atom. The molecule has 0 bridgehead atoms. The minimum Gasteiger partial charge on any atom is -0.262 e. The van der Waals surface area contributed by atoms with Gasteiger partial charge in [0.15, 0.2) is 5.83 Å². The molecule has 11 heavy (non-hydrogen) atoms. The third-order valence-electron chi connectivity index (χ3n) is 0.887. The van der Waals surface area contributed by atoms with Gasteiger partial charge in [-0.3, -0.25) is 4.79 Å². The van der Waals surface area contributed by atoms with Crippen molar-refractivity contribution in [1.82, 2.24) is 0 Å². The Hall–Kier alpha value is -0.220. The van der Waals surface area contributed by atoms with Crippen LogP contribution >= 0.6 is 23.2 Å². The van der Waals surface area contributed by atoms with Crippen molar-refractivity contribution in [2.75, 3.05) is 0 Å². The average Bonchev–Trinajstić information content (AvgIpc) is 1.84. The largest absolute Gasteiger partial charge is 0.313 e. The Morgan fingerprint density at radius 2 is 1.82 bits per heavy atom. The molecule has 0 saturated carbocycles. The van der Waals surface area contributed by atoms with Crippen LogP contribution in [0.3, 0.4) is 0 Å². The van der Waals surface area contributed by atoms with Crippen LogP contribution in [-0.4, -0.2) is 10.6 Å². The van der Waals surface area contributed by atoms with E-state index in [-0.39, 0.29) is 0 Å². The van der Waals surface area contributed by atoms with Gasteiger partial charge in [0.2, 0.25) is 0 Å². The summed E-state index contributed by atoms with van der Waals surface area (Å²) in [6, 6.07) is 0. The van der Waals surface area contributed by atoms with Crippen LogP contribution in [0.25, 0.3) is 0 Å². The van der Waals surface area contributed by atoms with Gasteiger partial charge in [-0.05, 0) is 29.3 Å². The first-order valence-corrected chi connectivity index (χ1v) is 3.21. The predicted molar refractivity (Wildman–Crippen MR) is 35.9 cm³/mol. The zero-order chi connectivity index (χ0) is 9.07. The minimum absolute atomic E-state index is 0.432. The van der Waals surface area contributed by atoms with Crippen LogP contribution in [-0.2, 0) is 0 Å². The van der Waals surface area contributed by atoms with E-state index in [0.717, 1.165) is 6.08 Å². The maximum atomic E-state index is 11.5. The smallest absolute Gasteiger partial charge is 0.262 e. The number of hydrogen-bond acceptors (Lipinski definition) is 1. The van der Waals surface area contributed by atoms with Crippen molar-refractivity contribution in [3.63, 3.8) is 0 Å². The van der Waals surface area contributed by atoms with E-state index in [4.69, 9.17) is 4.79 Å². The SMILES string of the molecule is FC1=CCC1(F)F.O=C(Cl)Cl. The van der Waals surface area contributed by atoms with E-state index < -0.39 is 22.9 Å². The van der Waals surface area contributed by atoms with Crippen molar-refractivity contribution in [3.05, 3.63) is 11.9 Å². The van der Waals surface area contributed by atoms with Crippen LogP contribution in [0.2, 0.25) is 0 Å². The van der Waals surface area contributed by atoms with Crippen LogP contribution in [0.15, 0.2) is 11.9 Å². The third-order valence-corrected chi connectivity index (χ3v) is 0.887. The Morgan fingerprint density at radius 3 is 1.82 bits per heavy atom. The molecule has 0 aromatic rings. The van der Waals surface area contributed by atoms with E-state index in [0.29, 0.717) is 0 Å². The molecule has 0 atom stereocenters. The first-order valence-electron chi connectivity index (χ1n) is 2.45. The summed E-state index contributed by atoms with van der Waals surface area (Å²) in [7, 11) is 0. The molecule has 0 amide bonds. The molecule has 1 nitrogen and oxygen atoms in total. The molecule has 0 radical (unpaired) electrons. The second-order valence-electron chi connectivity index (χ2n) is 1.69. The standard InChI is InChI=1S/C4H3F3.CCl2O/c5-3-1-2-4(3,6)7;2-1(3)4/h1H,2H2;. The van der Waals surface area contributed by atoms with Crippen molar-refractivity contribution >= 4 is 27.9 Å². The molecule has 0 heterocycles. The Kier molecular flexibility index (Phi) is 3.89. The molecule has 0 aromatic carbocycles. The van der Waals surface area contributed by atoms with E-state index in [1.54, 1.807) is 0 Å². The lowest BCUT2D eigenvalue weighted by Crippen LogP contribution is -2.23. The molecule has 1 aliphatic carbocycles. The number of hydrogen-bond donors (Lipinski definition) is 0. The van der Waals surface area contributed by atoms with Crippen LogP contribution in [0.1, 0.15) is 6.42 Å². The summed E-state index contributed by atoms with van der Waals surface area (Å²) in [5.74, 6) is -4.41. The van der Waals surface area contributed by atoms with E-state index in [2.05, 4.69) is 23.2 Å². The fraction of sp³-hybridized carbons (Fsp3) is 0.400. The summed E-state index contributed by atoms with van der Waals surface area (Å²) in [5, 5.41) is 0. The highest BCUT2D eigenvalue weighted by molar-refractivity contribution is 6.93. The molecule has 0 saturated heterocycles. The normalized spacial score (nSPS) is 18.8. The molecular formula is C5H3Cl2F3O. The van der Waals surface area contributed by atoms with E-state index in [1.165, 1.54) is 0 Å². The summed E-state index contributed by atoms with van der Waals surface area (Å²) in [4.78, 5) is 8.98. The monoisotopic (exact) mass is 206 g/mol. The first-order chi connectivity index (χ1) is 4.86. The van der Waals surface area contributed by atoms with Crippen molar-refractivity contribution in [2.24, 2.45) is 0 Å². The topological polar surface area (TPSA) is 17.1 Å². The highest BCUT2D eigenvalue weighted by atomic mass is 35.5. The van der Waals surface area contributed by atoms with E-state index in [1.807, 2.05) is 0 Å². The fourth-order valence-electron chi connectivity index (χ4n) is 0.334. The molecule has 64 valence electrons. The van der Waals surface area contributed by atoms with E-state index in [9.17, 15) is 13.2 Å². The maximum Gasteiger partial charge on any atom is 0.313 e. The molecule has 1 rings (SSSR count).